The fourth-order valence-electron chi connectivity index (χ4n) is 4.34. The average molecular weight is 397 g/mol. The van der Waals surface area contributed by atoms with E-state index in [1.165, 1.54) is 50.6 Å². The number of imidazole rings is 1. The summed E-state index contributed by atoms with van der Waals surface area (Å²) in [4.78, 5) is 22.2. The summed E-state index contributed by atoms with van der Waals surface area (Å²) in [6.45, 7) is 3.37. The Morgan fingerprint density at radius 2 is 1.86 bits per heavy atom. The highest BCUT2D eigenvalue weighted by Gasteiger charge is 2.15. The van der Waals surface area contributed by atoms with Crippen molar-refractivity contribution < 1.29 is 9.53 Å². The van der Waals surface area contributed by atoms with Crippen LogP contribution >= 0.6 is 0 Å². The van der Waals surface area contributed by atoms with Gasteiger partial charge in [-0.15, -0.1) is 0 Å². The van der Waals surface area contributed by atoms with Crippen molar-refractivity contribution in [1.29, 1.82) is 0 Å². The van der Waals surface area contributed by atoms with E-state index in [0.29, 0.717) is 25.5 Å². The second-order valence-electron chi connectivity index (χ2n) is 8.25. The number of nitrogens with zero attached hydrogens (tertiary/aromatic N) is 2. The molecule has 0 atom stereocenters. The molecule has 6 heteroatoms. The van der Waals surface area contributed by atoms with Crippen molar-refractivity contribution in [3.05, 3.63) is 36.3 Å². The number of alkyl carbamates (subject to hydrolysis) is 1. The Morgan fingerprint density at radius 3 is 2.62 bits per heavy atom. The van der Waals surface area contributed by atoms with Crippen LogP contribution in [0.15, 0.2) is 30.5 Å². The fourth-order valence-corrected chi connectivity index (χ4v) is 4.34. The third kappa shape index (κ3) is 5.52. The summed E-state index contributed by atoms with van der Waals surface area (Å²) in [5.74, 6) is 1.41. The molecule has 6 nitrogen and oxygen atoms in total. The first-order chi connectivity index (χ1) is 14.3. The molecule has 1 aromatic heterocycles. The Morgan fingerprint density at radius 1 is 1.10 bits per heavy atom. The van der Waals surface area contributed by atoms with Crippen LogP contribution in [-0.4, -0.2) is 42.3 Å². The number of ether oxygens (including phenoxy) is 1. The first kappa shape index (κ1) is 19.8. The molecule has 0 spiro atoms. The van der Waals surface area contributed by atoms with Crippen LogP contribution in [0.25, 0.3) is 11.3 Å². The fraction of sp³-hybridized carbons (Fsp3) is 0.565. The molecule has 1 aliphatic carbocycles. The standard InChI is InChI=1S/C23H32N4O2/c28-23(29-17-18-6-2-1-3-7-18)24-13-12-22-25-16-21(26-22)19-8-10-20(11-9-19)27-14-4-5-15-27/h8-11,16,18H,1-7,12-15,17H2,(H,24,28)(H,25,26). The van der Waals surface area contributed by atoms with Gasteiger partial charge in [-0.2, -0.15) is 0 Å². The quantitative estimate of drug-likeness (QED) is 0.722. The summed E-state index contributed by atoms with van der Waals surface area (Å²) in [5, 5.41) is 2.83. The molecule has 1 saturated carbocycles. The number of nitrogens with one attached hydrogen (secondary N) is 2. The zero-order chi connectivity index (χ0) is 19.9. The minimum atomic E-state index is -0.320. The van der Waals surface area contributed by atoms with E-state index in [9.17, 15) is 4.79 Å². The molecule has 1 saturated heterocycles. The minimum Gasteiger partial charge on any atom is -0.449 e. The maximum Gasteiger partial charge on any atom is 0.407 e. The van der Waals surface area contributed by atoms with Crippen molar-refractivity contribution in [1.82, 2.24) is 15.3 Å². The van der Waals surface area contributed by atoms with E-state index < -0.39 is 0 Å². The number of benzene rings is 1. The summed E-state index contributed by atoms with van der Waals surface area (Å²) in [5.41, 5.74) is 3.33. The van der Waals surface area contributed by atoms with E-state index >= 15 is 0 Å². The number of hydrogen-bond acceptors (Lipinski definition) is 4. The number of amides is 1. The van der Waals surface area contributed by atoms with Crippen molar-refractivity contribution in [3.63, 3.8) is 0 Å². The normalized spacial score (nSPS) is 17.4. The van der Waals surface area contributed by atoms with Gasteiger partial charge in [0.05, 0.1) is 12.3 Å². The Labute approximate surface area is 173 Å². The lowest BCUT2D eigenvalue weighted by atomic mass is 9.90. The Kier molecular flexibility index (Phi) is 6.70. The van der Waals surface area contributed by atoms with Gasteiger partial charge in [0.15, 0.2) is 0 Å². The van der Waals surface area contributed by atoms with Crippen molar-refractivity contribution in [2.75, 3.05) is 31.1 Å². The molecule has 0 unspecified atom stereocenters. The SMILES string of the molecule is O=C(NCCc1nc(-c2ccc(N3CCCC3)cc2)c[nH]1)OCC1CCCCC1. The van der Waals surface area contributed by atoms with Crippen LogP contribution < -0.4 is 10.2 Å². The van der Waals surface area contributed by atoms with Gasteiger partial charge in [-0.05, 0) is 43.7 Å². The van der Waals surface area contributed by atoms with Gasteiger partial charge in [0.2, 0.25) is 0 Å². The van der Waals surface area contributed by atoms with Gasteiger partial charge in [-0.25, -0.2) is 9.78 Å². The van der Waals surface area contributed by atoms with E-state index in [2.05, 4.69) is 44.5 Å². The number of carbonyl (C=O) groups excluding carboxylic acids is 1. The molecular weight excluding hydrogens is 364 g/mol. The molecule has 29 heavy (non-hydrogen) atoms. The summed E-state index contributed by atoms with van der Waals surface area (Å²) < 4.78 is 5.36. The number of anilines is 1. The maximum absolute atomic E-state index is 11.9. The van der Waals surface area contributed by atoms with E-state index in [0.717, 1.165) is 30.2 Å². The van der Waals surface area contributed by atoms with E-state index in [4.69, 9.17) is 4.74 Å². The molecular formula is C23H32N4O2. The zero-order valence-electron chi connectivity index (χ0n) is 17.2. The molecule has 0 radical (unpaired) electrons. The molecule has 2 aromatic rings. The highest BCUT2D eigenvalue weighted by molar-refractivity contribution is 5.67. The summed E-state index contributed by atoms with van der Waals surface area (Å²) in [6.07, 6.45) is 11.0. The van der Waals surface area contributed by atoms with Crippen molar-refractivity contribution >= 4 is 11.8 Å². The van der Waals surface area contributed by atoms with Gasteiger partial charge in [0.25, 0.3) is 0 Å². The highest BCUT2D eigenvalue weighted by atomic mass is 16.5. The van der Waals surface area contributed by atoms with E-state index in [-0.39, 0.29) is 6.09 Å². The summed E-state index contributed by atoms with van der Waals surface area (Å²) in [6, 6.07) is 8.63. The summed E-state index contributed by atoms with van der Waals surface area (Å²) in [7, 11) is 0. The first-order valence-electron chi connectivity index (χ1n) is 11.1. The lowest BCUT2D eigenvalue weighted by molar-refractivity contribution is 0.116. The second-order valence-corrected chi connectivity index (χ2v) is 8.25. The van der Waals surface area contributed by atoms with Gasteiger partial charge in [0.1, 0.15) is 5.82 Å². The first-order valence-corrected chi connectivity index (χ1v) is 11.1. The average Bonchev–Trinajstić information content (AvgIpc) is 3.46. The van der Waals surface area contributed by atoms with Gasteiger partial charge < -0.3 is 19.9 Å². The number of carbonyl (C=O) groups is 1. The molecule has 1 amide bonds. The van der Waals surface area contributed by atoms with Crippen molar-refractivity contribution in [3.8, 4) is 11.3 Å². The zero-order valence-corrected chi connectivity index (χ0v) is 17.2. The van der Waals surface area contributed by atoms with Crippen molar-refractivity contribution in [2.24, 2.45) is 5.92 Å². The third-order valence-corrected chi connectivity index (χ3v) is 6.07. The molecule has 0 bridgehead atoms. The molecule has 1 aromatic carbocycles. The lowest BCUT2D eigenvalue weighted by Gasteiger charge is -2.21. The van der Waals surface area contributed by atoms with E-state index in [1.807, 2.05) is 6.20 Å². The van der Waals surface area contributed by atoms with Crippen LogP contribution in [0.1, 0.15) is 50.8 Å². The van der Waals surface area contributed by atoms with Gasteiger partial charge in [-0.3, -0.25) is 0 Å². The minimum absolute atomic E-state index is 0.320. The van der Waals surface area contributed by atoms with E-state index in [1.54, 1.807) is 0 Å². The smallest absolute Gasteiger partial charge is 0.407 e. The molecule has 2 heterocycles. The molecule has 2 fully saturated rings. The Hall–Kier alpha value is -2.50. The van der Waals surface area contributed by atoms with Crippen LogP contribution in [0, 0.1) is 5.92 Å². The maximum atomic E-state index is 11.9. The Bertz CT molecular complexity index is 774. The number of hydrogen-bond donors (Lipinski definition) is 2. The summed E-state index contributed by atoms with van der Waals surface area (Å²) >= 11 is 0. The predicted molar refractivity (Wildman–Crippen MR) is 115 cm³/mol. The highest BCUT2D eigenvalue weighted by Crippen LogP contribution is 2.25. The largest absolute Gasteiger partial charge is 0.449 e. The topological polar surface area (TPSA) is 70.2 Å². The van der Waals surface area contributed by atoms with Crippen LogP contribution in [0.5, 0.6) is 0 Å². The molecule has 2 aliphatic rings. The number of aromatic amines is 1. The predicted octanol–water partition coefficient (Wildman–Crippen LogP) is 4.53. The number of H-pyrrole nitrogens is 1. The third-order valence-electron chi connectivity index (χ3n) is 6.07. The van der Waals surface area contributed by atoms with Gasteiger partial charge in [0, 0.05) is 43.5 Å². The molecule has 156 valence electrons. The molecule has 2 N–H and O–H groups in total. The molecule has 1 aliphatic heterocycles. The Balaban J connectivity index is 1.20. The van der Waals surface area contributed by atoms with Crippen LogP contribution in [0.4, 0.5) is 10.5 Å². The monoisotopic (exact) mass is 396 g/mol. The second kappa shape index (κ2) is 9.81. The van der Waals surface area contributed by atoms with Gasteiger partial charge in [-0.1, -0.05) is 31.4 Å². The van der Waals surface area contributed by atoms with Crippen LogP contribution in [0.3, 0.4) is 0 Å². The lowest BCUT2D eigenvalue weighted by Crippen LogP contribution is -2.28. The van der Waals surface area contributed by atoms with Crippen molar-refractivity contribution in [2.45, 2.75) is 51.4 Å². The van der Waals surface area contributed by atoms with Gasteiger partial charge >= 0.3 is 6.09 Å². The number of rotatable bonds is 7. The number of aromatic nitrogens is 2. The van der Waals surface area contributed by atoms with Crippen LogP contribution in [-0.2, 0) is 11.2 Å². The molecule has 4 rings (SSSR count). The van der Waals surface area contributed by atoms with Crippen LogP contribution in [0.2, 0.25) is 0 Å².